The van der Waals surface area contributed by atoms with Crippen molar-refractivity contribution in [3.05, 3.63) is 53.0 Å². The topological polar surface area (TPSA) is 89.0 Å². The summed E-state index contributed by atoms with van der Waals surface area (Å²) >= 11 is 0. The molecule has 0 unspecified atom stereocenters. The number of benzene rings is 1. The van der Waals surface area contributed by atoms with E-state index in [1.165, 1.54) is 7.11 Å². The summed E-state index contributed by atoms with van der Waals surface area (Å²) in [5.74, 6) is -0.697. The fourth-order valence-electron chi connectivity index (χ4n) is 3.34. The molecule has 3 aromatic rings. The Labute approximate surface area is 157 Å². The molecule has 0 aliphatic carbocycles. The van der Waals surface area contributed by atoms with Crippen molar-refractivity contribution in [2.24, 2.45) is 7.05 Å². The first kappa shape index (κ1) is 18.7. The van der Waals surface area contributed by atoms with Gasteiger partial charge in [0.05, 0.1) is 19.2 Å². The van der Waals surface area contributed by atoms with E-state index in [9.17, 15) is 9.59 Å². The summed E-state index contributed by atoms with van der Waals surface area (Å²) in [6.07, 6.45) is 2.39. The van der Waals surface area contributed by atoms with E-state index in [0.717, 1.165) is 33.4 Å². The molecule has 7 heteroatoms. The molecule has 0 aliphatic heterocycles. The number of esters is 1. The highest BCUT2D eigenvalue weighted by Gasteiger charge is 2.24. The fraction of sp³-hybridized carbons (Fsp3) is 0.350. The van der Waals surface area contributed by atoms with Crippen molar-refractivity contribution in [3.63, 3.8) is 0 Å². The van der Waals surface area contributed by atoms with Crippen molar-refractivity contribution in [2.75, 3.05) is 7.11 Å². The van der Waals surface area contributed by atoms with Crippen LogP contribution in [-0.2, 0) is 34.2 Å². The maximum atomic E-state index is 12.6. The number of amides is 1. The van der Waals surface area contributed by atoms with Crippen LogP contribution in [0.1, 0.15) is 22.5 Å². The van der Waals surface area contributed by atoms with Gasteiger partial charge in [0, 0.05) is 41.8 Å². The van der Waals surface area contributed by atoms with Crippen LogP contribution in [0.15, 0.2) is 30.5 Å². The maximum Gasteiger partial charge on any atom is 0.328 e. The molecule has 27 heavy (non-hydrogen) atoms. The highest BCUT2D eigenvalue weighted by Crippen LogP contribution is 2.19. The van der Waals surface area contributed by atoms with Gasteiger partial charge in [0.25, 0.3) is 0 Å². The first-order valence-electron chi connectivity index (χ1n) is 8.82. The van der Waals surface area contributed by atoms with Crippen LogP contribution in [0.4, 0.5) is 0 Å². The third-order valence-electron chi connectivity index (χ3n) is 4.92. The van der Waals surface area contributed by atoms with Gasteiger partial charge in [-0.2, -0.15) is 5.10 Å². The number of nitrogens with zero attached hydrogens (tertiary/aromatic N) is 2. The molecule has 0 bridgehead atoms. The van der Waals surface area contributed by atoms with Crippen LogP contribution in [0, 0.1) is 13.8 Å². The Morgan fingerprint density at radius 1 is 1.30 bits per heavy atom. The van der Waals surface area contributed by atoms with Gasteiger partial charge in [-0.05, 0) is 25.5 Å². The van der Waals surface area contributed by atoms with Gasteiger partial charge in [0.1, 0.15) is 6.04 Å². The maximum absolute atomic E-state index is 12.6. The molecule has 0 spiro atoms. The molecule has 3 rings (SSSR count). The lowest BCUT2D eigenvalue weighted by Crippen LogP contribution is -2.43. The number of para-hydroxylation sites is 1. The van der Waals surface area contributed by atoms with Crippen LogP contribution in [0.2, 0.25) is 0 Å². The molecule has 2 aromatic heterocycles. The molecule has 142 valence electrons. The monoisotopic (exact) mass is 368 g/mol. The van der Waals surface area contributed by atoms with Crippen LogP contribution in [0.3, 0.4) is 0 Å². The molecule has 0 saturated heterocycles. The molecule has 0 radical (unpaired) electrons. The molecular formula is C20H24N4O3. The second-order valence-electron chi connectivity index (χ2n) is 6.66. The molecule has 2 heterocycles. The number of methoxy groups -OCH3 is 1. The summed E-state index contributed by atoms with van der Waals surface area (Å²) in [5, 5.41) is 8.18. The van der Waals surface area contributed by atoms with E-state index in [4.69, 9.17) is 4.74 Å². The van der Waals surface area contributed by atoms with Gasteiger partial charge >= 0.3 is 5.97 Å². The van der Waals surface area contributed by atoms with Crippen molar-refractivity contribution < 1.29 is 14.3 Å². The number of ether oxygens (including phenoxy) is 1. The Balaban J connectivity index is 1.77. The number of hydrogen-bond acceptors (Lipinski definition) is 4. The first-order chi connectivity index (χ1) is 12.9. The minimum atomic E-state index is -0.751. The van der Waals surface area contributed by atoms with Gasteiger partial charge in [0.2, 0.25) is 5.91 Å². The zero-order valence-corrected chi connectivity index (χ0v) is 16.0. The van der Waals surface area contributed by atoms with Gasteiger partial charge < -0.3 is 15.0 Å². The summed E-state index contributed by atoms with van der Waals surface area (Å²) < 4.78 is 6.65. The second kappa shape index (κ2) is 7.65. The number of aromatic nitrogens is 3. The van der Waals surface area contributed by atoms with Crippen molar-refractivity contribution in [1.29, 1.82) is 0 Å². The smallest absolute Gasteiger partial charge is 0.328 e. The number of hydrogen-bond donors (Lipinski definition) is 2. The van der Waals surface area contributed by atoms with Gasteiger partial charge in [0.15, 0.2) is 0 Å². The average molecular weight is 368 g/mol. The predicted molar refractivity (Wildman–Crippen MR) is 102 cm³/mol. The minimum absolute atomic E-state index is 0.173. The van der Waals surface area contributed by atoms with Crippen LogP contribution >= 0.6 is 0 Å². The van der Waals surface area contributed by atoms with Gasteiger partial charge in [-0.25, -0.2) is 4.79 Å². The molecule has 2 N–H and O–H groups in total. The van der Waals surface area contributed by atoms with E-state index in [1.807, 2.05) is 51.4 Å². The number of carbonyl (C=O) groups is 2. The highest BCUT2D eigenvalue weighted by atomic mass is 16.5. The number of aryl methyl sites for hydroxylation is 2. The van der Waals surface area contributed by atoms with Gasteiger partial charge in [-0.3, -0.25) is 9.48 Å². The second-order valence-corrected chi connectivity index (χ2v) is 6.66. The summed E-state index contributed by atoms with van der Waals surface area (Å²) in [5.41, 5.74) is 4.58. The number of carbonyl (C=O) groups excluding carboxylic acids is 2. The molecule has 1 atom stereocenters. The Bertz CT molecular complexity index is 986. The molecule has 7 nitrogen and oxygen atoms in total. The molecule has 0 fully saturated rings. The van der Waals surface area contributed by atoms with Gasteiger partial charge in [-0.15, -0.1) is 0 Å². The summed E-state index contributed by atoms with van der Waals surface area (Å²) in [6, 6.07) is 7.09. The summed E-state index contributed by atoms with van der Waals surface area (Å²) in [7, 11) is 3.17. The quantitative estimate of drug-likeness (QED) is 0.651. The van der Waals surface area contributed by atoms with Crippen LogP contribution < -0.4 is 5.32 Å². The fourth-order valence-corrected chi connectivity index (χ4v) is 3.34. The molecule has 0 saturated carbocycles. The molecule has 1 aromatic carbocycles. The number of H-pyrrole nitrogens is 1. The molecule has 1 amide bonds. The van der Waals surface area contributed by atoms with Crippen molar-refractivity contribution in [3.8, 4) is 0 Å². The summed E-state index contributed by atoms with van der Waals surface area (Å²) in [4.78, 5) is 28.0. The number of nitrogens with one attached hydrogen (secondary N) is 2. The van der Waals surface area contributed by atoms with E-state index in [0.29, 0.717) is 6.42 Å². The van der Waals surface area contributed by atoms with E-state index in [2.05, 4.69) is 15.4 Å². The van der Waals surface area contributed by atoms with E-state index >= 15 is 0 Å². The van der Waals surface area contributed by atoms with E-state index in [1.54, 1.807) is 4.68 Å². The Morgan fingerprint density at radius 3 is 2.70 bits per heavy atom. The van der Waals surface area contributed by atoms with Crippen molar-refractivity contribution >= 4 is 22.8 Å². The standard InChI is InChI=1S/C20H24N4O3/c1-12-16(13(2)24(3)23-12)10-19(25)22-18(20(26)27-4)9-14-11-21-17-8-6-5-7-15(14)17/h5-8,11,18,21H,9-10H2,1-4H3,(H,22,25)/t18-/m0/s1. The van der Waals surface area contributed by atoms with E-state index < -0.39 is 12.0 Å². The van der Waals surface area contributed by atoms with E-state index in [-0.39, 0.29) is 12.3 Å². The lowest BCUT2D eigenvalue weighted by atomic mass is 10.0. The normalized spacial score (nSPS) is 12.1. The number of rotatable bonds is 6. The molecular weight excluding hydrogens is 344 g/mol. The first-order valence-corrected chi connectivity index (χ1v) is 8.82. The highest BCUT2D eigenvalue weighted by molar-refractivity contribution is 5.88. The Hall–Kier alpha value is -3.09. The van der Waals surface area contributed by atoms with Crippen molar-refractivity contribution in [2.45, 2.75) is 32.7 Å². The van der Waals surface area contributed by atoms with Crippen LogP contribution in [-0.4, -0.2) is 39.8 Å². The van der Waals surface area contributed by atoms with Gasteiger partial charge in [-0.1, -0.05) is 18.2 Å². The zero-order chi connectivity index (χ0) is 19.6. The molecule has 0 aliphatic rings. The number of fused-ring (bicyclic) bond motifs is 1. The summed E-state index contributed by atoms with van der Waals surface area (Å²) in [6.45, 7) is 3.80. The third kappa shape index (κ3) is 3.86. The lowest BCUT2D eigenvalue weighted by Gasteiger charge is -2.16. The number of aromatic amines is 1. The van der Waals surface area contributed by atoms with Crippen LogP contribution in [0.5, 0.6) is 0 Å². The lowest BCUT2D eigenvalue weighted by molar-refractivity contribution is -0.145. The largest absolute Gasteiger partial charge is 0.467 e. The van der Waals surface area contributed by atoms with Crippen LogP contribution in [0.25, 0.3) is 10.9 Å². The SMILES string of the molecule is COC(=O)[C@H](Cc1c[nH]c2ccccc12)NC(=O)Cc1c(C)nn(C)c1C. The average Bonchev–Trinajstić information content (AvgIpc) is 3.16. The van der Waals surface area contributed by atoms with Crippen molar-refractivity contribution in [1.82, 2.24) is 20.1 Å². The third-order valence-corrected chi connectivity index (χ3v) is 4.92. The Kier molecular flexibility index (Phi) is 5.30. The minimum Gasteiger partial charge on any atom is -0.467 e. The predicted octanol–water partition coefficient (Wildman–Crippen LogP) is 1.96. The zero-order valence-electron chi connectivity index (χ0n) is 16.0. The Morgan fingerprint density at radius 2 is 2.04 bits per heavy atom.